The van der Waals surface area contributed by atoms with E-state index in [-0.39, 0.29) is 24.8 Å². The minimum absolute atomic E-state index is 0.0137. The van der Waals surface area contributed by atoms with Crippen LogP contribution in [-0.4, -0.2) is 28.1 Å². The Labute approximate surface area is 149 Å². The van der Waals surface area contributed by atoms with Crippen molar-refractivity contribution >= 4 is 17.5 Å². The third-order valence-electron chi connectivity index (χ3n) is 3.60. The van der Waals surface area contributed by atoms with Gasteiger partial charge in [0.05, 0.1) is 18.7 Å². The van der Waals surface area contributed by atoms with Crippen LogP contribution in [0.15, 0.2) is 67.0 Å². The Morgan fingerprint density at radius 2 is 1.88 bits per heavy atom. The van der Waals surface area contributed by atoms with Gasteiger partial charge in [0.25, 0.3) is 0 Å². The van der Waals surface area contributed by atoms with Crippen molar-refractivity contribution in [2.75, 3.05) is 11.9 Å². The summed E-state index contributed by atoms with van der Waals surface area (Å²) in [6.07, 6.45) is 3.48. The number of nitrogens with zero attached hydrogens (tertiary/aromatic N) is 2. The van der Waals surface area contributed by atoms with E-state index in [2.05, 4.69) is 15.7 Å². The lowest BCUT2D eigenvalue weighted by Gasteiger charge is -2.09. The van der Waals surface area contributed by atoms with Gasteiger partial charge >= 0.3 is 0 Å². The monoisotopic (exact) mass is 352 g/mol. The van der Waals surface area contributed by atoms with Crippen LogP contribution in [-0.2, 0) is 16.0 Å². The lowest BCUT2D eigenvalue weighted by molar-refractivity contribution is -0.123. The highest BCUT2D eigenvalue weighted by atomic mass is 19.1. The average Bonchev–Trinajstić information content (AvgIpc) is 3.15. The number of halogens is 1. The lowest BCUT2D eigenvalue weighted by atomic mass is 10.1. The summed E-state index contributed by atoms with van der Waals surface area (Å²) < 4.78 is 14.8. The number of amides is 2. The number of carbonyl (C=O) groups excluding carboxylic acids is 2. The van der Waals surface area contributed by atoms with Crippen molar-refractivity contribution in [2.45, 2.75) is 6.42 Å². The maximum atomic E-state index is 13.1. The van der Waals surface area contributed by atoms with Gasteiger partial charge in [0.15, 0.2) is 0 Å². The topological polar surface area (TPSA) is 76.0 Å². The fourth-order valence-electron chi connectivity index (χ4n) is 2.43. The third kappa shape index (κ3) is 4.76. The van der Waals surface area contributed by atoms with Gasteiger partial charge in [-0.15, -0.1) is 0 Å². The Morgan fingerprint density at radius 3 is 2.65 bits per heavy atom. The van der Waals surface area contributed by atoms with Gasteiger partial charge in [0.1, 0.15) is 5.82 Å². The second-order valence-corrected chi connectivity index (χ2v) is 5.63. The van der Waals surface area contributed by atoms with Crippen LogP contribution in [0.1, 0.15) is 5.56 Å². The van der Waals surface area contributed by atoms with E-state index in [0.29, 0.717) is 11.3 Å². The highest BCUT2D eigenvalue weighted by Gasteiger charge is 2.08. The number of nitrogens with one attached hydrogen (secondary N) is 2. The fraction of sp³-hybridized carbons (Fsp3) is 0.105. The smallest absolute Gasteiger partial charge is 0.243 e. The van der Waals surface area contributed by atoms with E-state index in [1.54, 1.807) is 47.4 Å². The van der Waals surface area contributed by atoms with Crippen molar-refractivity contribution in [3.63, 3.8) is 0 Å². The largest absolute Gasteiger partial charge is 0.347 e. The molecule has 1 heterocycles. The standard InChI is InChI=1S/C19H17FN4O2/c20-15-5-1-4-14(10-15)11-18(25)21-13-19(26)23-16-6-2-7-17(12-16)24-9-3-8-22-24/h1-10,12H,11,13H2,(H,21,25)(H,23,26). The number of benzene rings is 2. The molecule has 0 fully saturated rings. The summed E-state index contributed by atoms with van der Waals surface area (Å²) in [5, 5.41) is 9.37. The van der Waals surface area contributed by atoms with Gasteiger partial charge in [-0.05, 0) is 42.0 Å². The first-order valence-corrected chi connectivity index (χ1v) is 8.01. The quantitative estimate of drug-likeness (QED) is 0.715. The summed E-state index contributed by atoms with van der Waals surface area (Å²) >= 11 is 0. The summed E-state index contributed by atoms with van der Waals surface area (Å²) in [5.74, 6) is -1.10. The van der Waals surface area contributed by atoms with Gasteiger partial charge in [-0.1, -0.05) is 18.2 Å². The first kappa shape index (κ1) is 17.3. The van der Waals surface area contributed by atoms with Gasteiger partial charge in [0, 0.05) is 18.1 Å². The molecule has 3 rings (SSSR count). The number of rotatable bonds is 6. The molecule has 0 aliphatic rings. The number of hydrogen-bond donors (Lipinski definition) is 2. The zero-order chi connectivity index (χ0) is 18.4. The highest BCUT2D eigenvalue weighted by Crippen LogP contribution is 2.13. The fourth-order valence-corrected chi connectivity index (χ4v) is 2.43. The molecule has 0 spiro atoms. The van der Waals surface area contributed by atoms with Crippen LogP contribution in [0.25, 0.3) is 5.69 Å². The third-order valence-corrected chi connectivity index (χ3v) is 3.60. The predicted octanol–water partition coefficient (Wildman–Crippen LogP) is 2.31. The normalized spacial score (nSPS) is 10.3. The van der Waals surface area contributed by atoms with Crippen molar-refractivity contribution < 1.29 is 14.0 Å². The molecule has 1 aromatic heterocycles. The van der Waals surface area contributed by atoms with Crippen molar-refractivity contribution in [2.24, 2.45) is 0 Å². The first-order valence-electron chi connectivity index (χ1n) is 8.01. The number of aromatic nitrogens is 2. The summed E-state index contributed by atoms with van der Waals surface area (Å²) in [6, 6.07) is 14.8. The average molecular weight is 352 g/mol. The van der Waals surface area contributed by atoms with E-state index < -0.39 is 5.82 Å². The number of anilines is 1. The number of hydrogen-bond acceptors (Lipinski definition) is 3. The van der Waals surface area contributed by atoms with Crippen LogP contribution < -0.4 is 10.6 Å². The molecule has 0 unspecified atom stereocenters. The molecule has 0 atom stereocenters. The molecule has 6 nitrogen and oxygen atoms in total. The Hall–Kier alpha value is -3.48. The van der Waals surface area contributed by atoms with Gasteiger partial charge in [-0.3, -0.25) is 9.59 Å². The number of carbonyl (C=O) groups is 2. The van der Waals surface area contributed by atoms with E-state index in [1.165, 1.54) is 18.2 Å². The van der Waals surface area contributed by atoms with Gasteiger partial charge in [-0.2, -0.15) is 5.10 Å². The van der Waals surface area contributed by atoms with Crippen LogP contribution in [0, 0.1) is 5.82 Å². The van der Waals surface area contributed by atoms with Crippen molar-refractivity contribution in [1.29, 1.82) is 0 Å². The molecule has 0 bridgehead atoms. The van der Waals surface area contributed by atoms with Crippen LogP contribution in [0.2, 0.25) is 0 Å². The Morgan fingerprint density at radius 1 is 1.04 bits per heavy atom. The van der Waals surface area contributed by atoms with Crippen molar-refractivity contribution in [3.8, 4) is 5.69 Å². The molecule has 0 radical (unpaired) electrons. The summed E-state index contributed by atoms with van der Waals surface area (Å²) in [5.41, 5.74) is 1.96. The molecule has 0 saturated carbocycles. The van der Waals surface area contributed by atoms with Crippen molar-refractivity contribution in [1.82, 2.24) is 15.1 Å². The maximum absolute atomic E-state index is 13.1. The molecule has 0 aliphatic carbocycles. The molecule has 3 aromatic rings. The predicted molar refractivity (Wildman–Crippen MR) is 95.3 cm³/mol. The van der Waals surface area contributed by atoms with E-state index in [4.69, 9.17) is 0 Å². The summed E-state index contributed by atoms with van der Waals surface area (Å²) in [4.78, 5) is 23.9. The van der Waals surface area contributed by atoms with E-state index >= 15 is 0 Å². The molecular weight excluding hydrogens is 335 g/mol. The van der Waals surface area contributed by atoms with Gasteiger partial charge in [-0.25, -0.2) is 9.07 Å². The molecule has 2 aromatic carbocycles. The maximum Gasteiger partial charge on any atom is 0.243 e. The second kappa shape index (κ2) is 8.06. The Kier molecular flexibility index (Phi) is 5.38. The zero-order valence-corrected chi connectivity index (χ0v) is 13.9. The molecule has 7 heteroatoms. The van der Waals surface area contributed by atoms with E-state index in [0.717, 1.165) is 5.69 Å². The van der Waals surface area contributed by atoms with Crippen molar-refractivity contribution in [3.05, 3.63) is 78.4 Å². The SMILES string of the molecule is O=C(Cc1cccc(F)c1)NCC(=O)Nc1cccc(-n2cccn2)c1. The van der Waals surface area contributed by atoms with Crippen LogP contribution in [0.3, 0.4) is 0 Å². The van der Waals surface area contributed by atoms with E-state index in [9.17, 15) is 14.0 Å². The minimum atomic E-state index is -0.398. The molecule has 2 N–H and O–H groups in total. The van der Waals surface area contributed by atoms with Crippen LogP contribution in [0.4, 0.5) is 10.1 Å². The van der Waals surface area contributed by atoms with E-state index in [1.807, 2.05) is 6.07 Å². The summed E-state index contributed by atoms with van der Waals surface area (Å²) in [6.45, 7) is -0.167. The highest BCUT2D eigenvalue weighted by molar-refractivity contribution is 5.94. The minimum Gasteiger partial charge on any atom is -0.347 e. The molecule has 2 amide bonds. The molecule has 132 valence electrons. The Balaban J connectivity index is 1.51. The first-order chi connectivity index (χ1) is 12.6. The molecule has 26 heavy (non-hydrogen) atoms. The lowest BCUT2D eigenvalue weighted by Crippen LogP contribution is -2.33. The molecular formula is C19H17FN4O2. The summed E-state index contributed by atoms with van der Waals surface area (Å²) in [7, 11) is 0. The Bertz CT molecular complexity index is 909. The molecule has 0 aliphatic heterocycles. The second-order valence-electron chi connectivity index (χ2n) is 5.63. The van der Waals surface area contributed by atoms with Gasteiger partial charge < -0.3 is 10.6 Å². The zero-order valence-electron chi connectivity index (χ0n) is 13.9. The van der Waals surface area contributed by atoms with Crippen LogP contribution >= 0.6 is 0 Å². The van der Waals surface area contributed by atoms with Crippen LogP contribution in [0.5, 0.6) is 0 Å². The molecule has 0 saturated heterocycles. The van der Waals surface area contributed by atoms with Gasteiger partial charge in [0.2, 0.25) is 11.8 Å².